The third-order valence-corrected chi connectivity index (χ3v) is 5.79. The summed E-state index contributed by atoms with van der Waals surface area (Å²) in [6, 6.07) is 25.4. The van der Waals surface area contributed by atoms with E-state index in [-0.39, 0.29) is 18.2 Å². The molecule has 1 aromatic heterocycles. The fourth-order valence-corrected chi connectivity index (χ4v) is 4.15. The van der Waals surface area contributed by atoms with E-state index in [9.17, 15) is 14.0 Å². The normalized spacial score (nSPS) is 10.7. The molecule has 1 heterocycles. The van der Waals surface area contributed by atoms with Crippen molar-refractivity contribution in [2.45, 2.75) is 12.3 Å². The maximum Gasteiger partial charge on any atom is 0.307 e. The van der Waals surface area contributed by atoms with Gasteiger partial charge in [0.1, 0.15) is 5.82 Å². The molecule has 3 aromatic carbocycles. The fourth-order valence-electron chi connectivity index (χ4n) is 3.41. The molecule has 5 nitrogen and oxygen atoms in total. The first kappa shape index (κ1) is 22.4. The summed E-state index contributed by atoms with van der Waals surface area (Å²) in [7, 11) is 0. The SMILES string of the molecule is O=C(COC(=O)CC(c1ccccc1)c1ccccc1)Nc1nc(-c2ccc(F)cc2)cs1. The molecule has 0 unspecified atom stereocenters. The van der Waals surface area contributed by atoms with Crippen molar-refractivity contribution >= 4 is 28.3 Å². The number of ether oxygens (including phenoxy) is 1. The maximum absolute atomic E-state index is 13.1. The van der Waals surface area contributed by atoms with Crippen molar-refractivity contribution in [2.24, 2.45) is 0 Å². The summed E-state index contributed by atoms with van der Waals surface area (Å²) in [5, 5.41) is 4.77. The quantitative estimate of drug-likeness (QED) is 0.345. The van der Waals surface area contributed by atoms with Gasteiger partial charge in [-0.25, -0.2) is 9.37 Å². The molecule has 1 N–H and O–H groups in total. The number of rotatable bonds is 8. The van der Waals surface area contributed by atoms with Gasteiger partial charge in [-0.1, -0.05) is 60.7 Å². The lowest BCUT2D eigenvalue weighted by Gasteiger charge is -2.17. The number of hydrogen-bond acceptors (Lipinski definition) is 5. The summed E-state index contributed by atoms with van der Waals surface area (Å²) >= 11 is 1.24. The average molecular weight is 461 g/mol. The van der Waals surface area contributed by atoms with Crippen molar-refractivity contribution in [3.05, 3.63) is 107 Å². The molecule has 0 atom stereocenters. The summed E-state index contributed by atoms with van der Waals surface area (Å²) < 4.78 is 18.3. The van der Waals surface area contributed by atoms with Crippen LogP contribution in [0.1, 0.15) is 23.5 Å². The molecule has 33 heavy (non-hydrogen) atoms. The van der Waals surface area contributed by atoms with Crippen LogP contribution in [0.3, 0.4) is 0 Å². The van der Waals surface area contributed by atoms with E-state index in [1.807, 2.05) is 60.7 Å². The number of aromatic nitrogens is 1. The van der Waals surface area contributed by atoms with Crippen LogP contribution in [0, 0.1) is 5.82 Å². The Kier molecular flexibility index (Phi) is 7.22. The second kappa shape index (κ2) is 10.7. The summed E-state index contributed by atoms with van der Waals surface area (Å²) in [5.74, 6) is -1.43. The largest absolute Gasteiger partial charge is 0.456 e. The van der Waals surface area contributed by atoms with Gasteiger partial charge in [0.2, 0.25) is 0 Å². The van der Waals surface area contributed by atoms with Crippen molar-refractivity contribution in [3.63, 3.8) is 0 Å². The van der Waals surface area contributed by atoms with Gasteiger partial charge in [0, 0.05) is 16.9 Å². The molecule has 0 aliphatic carbocycles. The second-order valence-corrected chi connectivity index (χ2v) is 8.19. The fraction of sp³-hybridized carbons (Fsp3) is 0.115. The van der Waals surface area contributed by atoms with Crippen molar-refractivity contribution < 1.29 is 18.7 Å². The Labute approximate surface area is 194 Å². The van der Waals surface area contributed by atoms with Crippen molar-refractivity contribution in [3.8, 4) is 11.3 Å². The predicted octanol–water partition coefficient (Wildman–Crippen LogP) is 5.65. The number of halogens is 1. The number of benzene rings is 3. The Morgan fingerprint density at radius 2 is 1.52 bits per heavy atom. The van der Waals surface area contributed by atoms with Gasteiger partial charge in [-0.15, -0.1) is 11.3 Å². The Morgan fingerprint density at radius 3 is 2.12 bits per heavy atom. The second-order valence-electron chi connectivity index (χ2n) is 7.33. The highest BCUT2D eigenvalue weighted by Crippen LogP contribution is 2.28. The molecule has 7 heteroatoms. The Bertz CT molecular complexity index is 1170. The zero-order chi connectivity index (χ0) is 23.0. The lowest BCUT2D eigenvalue weighted by atomic mass is 9.89. The highest BCUT2D eigenvalue weighted by molar-refractivity contribution is 7.14. The first-order valence-electron chi connectivity index (χ1n) is 10.4. The topological polar surface area (TPSA) is 68.3 Å². The number of nitrogens with one attached hydrogen (secondary N) is 1. The van der Waals surface area contributed by atoms with Crippen LogP contribution < -0.4 is 5.32 Å². The van der Waals surface area contributed by atoms with E-state index in [2.05, 4.69) is 10.3 Å². The van der Waals surface area contributed by atoms with E-state index in [0.29, 0.717) is 10.8 Å². The smallest absolute Gasteiger partial charge is 0.307 e. The minimum Gasteiger partial charge on any atom is -0.456 e. The highest BCUT2D eigenvalue weighted by atomic mass is 32.1. The predicted molar refractivity (Wildman–Crippen MR) is 126 cm³/mol. The minimum absolute atomic E-state index is 0.118. The molecule has 0 spiro atoms. The summed E-state index contributed by atoms with van der Waals surface area (Å²) in [6.07, 6.45) is 0.118. The molecule has 166 valence electrons. The number of nitrogens with zero attached hydrogens (tertiary/aromatic N) is 1. The van der Waals surface area contributed by atoms with Crippen LogP contribution in [0.4, 0.5) is 9.52 Å². The molecule has 0 saturated heterocycles. The van der Waals surface area contributed by atoms with E-state index >= 15 is 0 Å². The van der Waals surface area contributed by atoms with E-state index in [1.165, 1.54) is 23.5 Å². The molecule has 1 amide bonds. The van der Waals surface area contributed by atoms with Crippen LogP contribution in [0.5, 0.6) is 0 Å². The molecule has 0 radical (unpaired) electrons. The van der Waals surface area contributed by atoms with E-state index in [0.717, 1.165) is 16.7 Å². The molecule has 4 aromatic rings. The van der Waals surface area contributed by atoms with Gasteiger partial charge in [-0.3, -0.25) is 14.9 Å². The van der Waals surface area contributed by atoms with Gasteiger partial charge in [0.05, 0.1) is 12.1 Å². The summed E-state index contributed by atoms with van der Waals surface area (Å²) in [6.45, 7) is -0.402. The summed E-state index contributed by atoms with van der Waals surface area (Å²) in [4.78, 5) is 29.1. The first-order chi connectivity index (χ1) is 16.1. The standard InChI is InChI=1S/C26H21FN2O3S/c27-21-13-11-20(12-14-21)23-17-33-26(28-23)29-24(30)16-32-25(31)15-22(18-7-3-1-4-8-18)19-9-5-2-6-10-19/h1-14,17,22H,15-16H2,(H,28,29,30). The van der Waals surface area contributed by atoms with E-state index in [1.54, 1.807) is 17.5 Å². The van der Waals surface area contributed by atoms with Crippen LogP contribution in [-0.4, -0.2) is 23.5 Å². The number of anilines is 1. The van der Waals surface area contributed by atoms with E-state index in [4.69, 9.17) is 4.74 Å². The number of esters is 1. The van der Waals surface area contributed by atoms with Gasteiger partial charge in [-0.05, 0) is 35.4 Å². The van der Waals surface area contributed by atoms with Crippen molar-refractivity contribution in [1.29, 1.82) is 0 Å². The number of amides is 1. The average Bonchev–Trinajstić information content (AvgIpc) is 3.31. The third-order valence-electron chi connectivity index (χ3n) is 5.03. The lowest BCUT2D eigenvalue weighted by Crippen LogP contribution is -2.22. The van der Waals surface area contributed by atoms with Crippen LogP contribution in [0.2, 0.25) is 0 Å². The first-order valence-corrected chi connectivity index (χ1v) is 11.2. The van der Waals surface area contributed by atoms with Gasteiger partial charge >= 0.3 is 5.97 Å². The van der Waals surface area contributed by atoms with Gasteiger partial charge in [0.15, 0.2) is 11.7 Å². The Morgan fingerprint density at radius 1 is 0.909 bits per heavy atom. The number of hydrogen-bond donors (Lipinski definition) is 1. The maximum atomic E-state index is 13.1. The zero-order valence-electron chi connectivity index (χ0n) is 17.6. The zero-order valence-corrected chi connectivity index (χ0v) is 18.4. The number of carbonyl (C=O) groups excluding carboxylic acids is 2. The number of thiazole rings is 1. The third kappa shape index (κ3) is 6.11. The molecule has 0 bridgehead atoms. The summed E-state index contributed by atoms with van der Waals surface area (Å²) in [5.41, 5.74) is 3.37. The molecule has 0 aliphatic rings. The van der Waals surface area contributed by atoms with Gasteiger partial charge in [0.25, 0.3) is 5.91 Å². The van der Waals surface area contributed by atoms with Crippen molar-refractivity contribution in [2.75, 3.05) is 11.9 Å². The molecule has 0 saturated carbocycles. The molecule has 4 rings (SSSR count). The highest BCUT2D eigenvalue weighted by Gasteiger charge is 2.20. The van der Waals surface area contributed by atoms with Crippen LogP contribution >= 0.6 is 11.3 Å². The number of carbonyl (C=O) groups is 2. The monoisotopic (exact) mass is 460 g/mol. The Hall–Kier alpha value is -3.84. The van der Waals surface area contributed by atoms with E-state index < -0.39 is 18.5 Å². The molecule has 0 fully saturated rings. The van der Waals surface area contributed by atoms with Gasteiger partial charge < -0.3 is 4.74 Å². The van der Waals surface area contributed by atoms with Crippen LogP contribution in [0.15, 0.2) is 90.3 Å². The molecular weight excluding hydrogens is 439 g/mol. The van der Waals surface area contributed by atoms with Crippen LogP contribution in [0.25, 0.3) is 11.3 Å². The van der Waals surface area contributed by atoms with Crippen molar-refractivity contribution in [1.82, 2.24) is 4.98 Å². The van der Waals surface area contributed by atoms with Gasteiger partial charge in [-0.2, -0.15) is 0 Å². The minimum atomic E-state index is -0.473. The molecule has 0 aliphatic heterocycles. The lowest BCUT2D eigenvalue weighted by molar-refractivity contribution is -0.147. The Balaban J connectivity index is 1.33. The molecular formula is C26H21FN2O3S. The van der Waals surface area contributed by atoms with Crippen LogP contribution in [-0.2, 0) is 14.3 Å².